The summed E-state index contributed by atoms with van der Waals surface area (Å²) in [7, 11) is 0. The first-order chi connectivity index (χ1) is 8.67. The molecular formula is C13H13FO4. The minimum absolute atomic E-state index is 0.0447. The van der Waals surface area contributed by atoms with Crippen LogP contribution in [0.3, 0.4) is 0 Å². The molecule has 0 spiro atoms. The third-order valence-electron chi connectivity index (χ3n) is 1.98. The second-order valence-corrected chi connectivity index (χ2v) is 3.27. The van der Waals surface area contributed by atoms with Gasteiger partial charge < -0.3 is 9.47 Å². The van der Waals surface area contributed by atoms with E-state index in [1.807, 2.05) is 0 Å². The Labute approximate surface area is 104 Å². The molecule has 0 aliphatic rings. The van der Waals surface area contributed by atoms with Gasteiger partial charge in [-0.05, 0) is 25.1 Å². The van der Waals surface area contributed by atoms with Crippen LogP contribution < -0.4 is 4.74 Å². The fourth-order valence-corrected chi connectivity index (χ4v) is 1.20. The predicted octanol–water partition coefficient (Wildman–Crippen LogP) is 2.14. The molecule has 0 unspecified atom stereocenters. The maximum Gasteiger partial charge on any atom is 0.330 e. The lowest BCUT2D eigenvalue weighted by molar-refractivity contribution is -0.137. The van der Waals surface area contributed by atoms with Crippen molar-refractivity contribution in [3.8, 4) is 5.75 Å². The first-order valence-corrected chi connectivity index (χ1v) is 5.38. The molecule has 0 aliphatic carbocycles. The van der Waals surface area contributed by atoms with Crippen molar-refractivity contribution in [3.63, 3.8) is 0 Å². The zero-order chi connectivity index (χ0) is 13.4. The highest BCUT2D eigenvalue weighted by atomic mass is 19.1. The Morgan fingerprint density at radius 3 is 2.89 bits per heavy atom. The number of hydrogen-bond donors (Lipinski definition) is 0. The fraction of sp³-hybridized carbons (Fsp3) is 0.231. The van der Waals surface area contributed by atoms with Crippen molar-refractivity contribution in [2.45, 2.75) is 6.92 Å². The second kappa shape index (κ2) is 7.21. The molecule has 0 N–H and O–H groups in total. The van der Waals surface area contributed by atoms with Gasteiger partial charge in [0.25, 0.3) is 0 Å². The molecule has 0 heterocycles. The van der Waals surface area contributed by atoms with Crippen LogP contribution in [0.4, 0.5) is 4.39 Å². The molecule has 1 rings (SSSR count). The normalized spacial score (nSPS) is 10.3. The van der Waals surface area contributed by atoms with E-state index < -0.39 is 11.8 Å². The summed E-state index contributed by atoms with van der Waals surface area (Å²) in [4.78, 5) is 21.6. The van der Waals surface area contributed by atoms with Crippen molar-refractivity contribution < 1.29 is 23.5 Å². The molecule has 1 aromatic carbocycles. The summed E-state index contributed by atoms with van der Waals surface area (Å²) in [5.74, 6) is -0.834. The largest absolute Gasteiger partial charge is 0.489 e. The highest BCUT2D eigenvalue weighted by Gasteiger charge is 2.03. The molecule has 5 heteroatoms. The number of halogens is 1. The third kappa shape index (κ3) is 4.37. The molecule has 0 aromatic heterocycles. The van der Waals surface area contributed by atoms with Gasteiger partial charge in [0.15, 0.2) is 6.29 Å². The number of aldehydes is 1. The Morgan fingerprint density at radius 1 is 1.44 bits per heavy atom. The SMILES string of the molecule is CCOC(=O)C=CCOc1cc(F)ccc1C=O. The molecule has 0 fully saturated rings. The Morgan fingerprint density at radius 2 is 2.22 bits per heavy atom. The van der Waals surface area contributed by atoms with Crippen LogP contribution in [0.15, 0.2) is 30.4 Å². The zero-order valence-electron chi connectivity index (χ0n) is 9.89. The monoisotopic (exact) mass is 252 g/mol. The van der Waals surface area contributed by atoms with Gasteiger partial charge in [-0.1, -0.05) is 0 Å². The van der Waals surface area contributed by atoms with Crippen LogP contribution in [-0.4, -0.2) is 25.5 Å². The lowest BCUT2D eigenvalue weighted by Gasteiger charge is -2.05. The molecule has 18 heavy (non-hydrogen) atoms. The van der Waals surface area contributed by atoms with E-state index in [9.17, 15) is 14.0 Å². The van der Waals surface area contributed by atoms with Crippen LogP contribution in [0.2, 0.25) is 0 Å². The Kier molecular flexibility index (Phi) is 5.57. The van der Waals surface area contributed by atoms with Crippen molar-refractivity contribution in [1.29, 1.82) is 0 Å². The van der Waals surface area contributed by atoms with Crippen LogP contribution in [-0.2, 0) is 9.53 Å². The quantitative estimate of drug-likeness (QED) is 0.442. The van der Waals surface area contributed by atoms with E-state index in [4.69, 9.17) is 4.74 Å². The first-order valence-electron chi connectivity index (χ1n) is 5.38. The molecule has 0 saturated heterocycles. The summed E-state index contributed by atoms with van der Waals surface area (Å²) in [6.45, 7) is 2.04. The van der Waals surface area contributed by atoms with Crippen molar-refractivity contribution in [3.05, 3.63) is 41.7 Å². The van der Waals surface area contributed by atoms with Gasteiger partial charge in [0, 0.05) is 12.1 Å². The third-order valence-corrected chi connectivity index (χ3v) is 1.98. The van der Waals surface area contributed by atoms with Crippen LogP contribution in [0.25, 0.3) is 0 Å². The summed E-state index contributed by atoms with van der Waals surface area (Å²) < 4.78 is 22.8. The minimum atomic E-state index is -0.495. The number of benzene rings is 1. The number of carbonyl (C=O) groups excluding carboxylic acids is 2. The van der Waals surface area contributed by atoms with E-state index in [0.29, 0.717) is 12.9 Å². The number of esters is 1. The average Bonchev–Trinajstić information content (AvgIpc) is 2.35. The lowest BCUT2D eigenvalue weighted by Crippen LogP contribution is -2.02. The Balaban J connectivity index is 2.55. The molecule has 0 bridgehead atoms. The van der Waals surface area contributed by atoms with Gasteiger partial charge in [0.05, 0.1) is 12.2 Å². The zero-order valence-corrected chi connectivity index (χ0v) is 9.89. The van der Waals surface area contributed by atoms with Crippen molar-refractivity contribution in [2.75, 3.05) is 13.2 Å². The summed E-state index contributed by atoms with van der Waals surface area (Å²) in [5.41, 5.74) is 0.251. The average molecular weight is 252 g/mol. The highest BCUT2D eigenvalue weighted by molar-refractivity contribution is 5.82. The highest BCUT2D eigenvalue weighted by Crippen LogP contribution is 2.17. The second-order valence-electron chi connectivity index (χ2n) is 3.27. The fourth-order valence-electron chi connectivity index (χ4n) is 1.20. The molecule has 0 atom stereocenters. The molecule has 0 radical (unpaired) electrons. The van der Waals surface area contributed by atoms with E-state index in [-0.39, 0.29) is 17.9 Å². The maximum absolute atomic E-state index is 12.9. The number of hydrogen-bond acceptors (Lipinski definition) is 4. The van der Waals surface area contributed by atoms with Gasteiger partial charge in [0.1, 0.15) is 18.2 Å². The van der Waals surface area contributed by atoms with E-state index in [1.54, 1.807) is 6.92 Å². The van der Waals surface area contributed by atoms with Crippen molar-refractivity contribution in [2.24, 2.45) is 0 Å². The van der Waals surface area contributed by atoms with Crippen LogP contribution in [0.1, 0.15) is 17.3 Å². The predicted molar refractivity (Wildman–Crippen MR) is 63.1 cm³/mol. The number of rotatable bonds is 6. The van der Waals surface area contributed by atoms with Crippen LogP contribution in [0.5, 0.6) is 5.75 Å². The summed E-state index contributed by atoms with van der Waals surface area (Å²) in [5, 5.41) is 0. The van der Waals surface area contributed by atoms with Gasteiger partial charge in [0.2, 0.25) is 0 Å². The molecule has 96 valence electrons. The molecule has 0 amide bonds. The van der Waals surface area contributed by atoms with Gasteiger partial charge in [-0.25, -0.2) is 9.18 Å². The van der Waals surface area contributed by atoms with Gasteiger partial charge in [-0.3, -0.25) is 4.79 Å². The molecule has 0 saturated carbocycles. The van der Waals surface area contributed by atoms with Crippen molar-refractivity contribution >= 4 is 12.3 Å². The van der Waals surface area contributed by atoms with Gasteiger partial charge in [-0.2, -0.15) is 0 Å². The van der Waals surface area contributed by atoms with Gasteiger partial charge in [-0.15, -0.1) is 0 Å². The molecule has 1 aromatic rings. The summed E-state index contributed by atoms with van der Waals surface area (Å²) >= 11 is 0. The van der Waals surface area contributed by atoms with Gasteiger partial charge >= 0.3 is 5.97 Å². The molecular weight excluding hydrogens is 239 g/mol. The summed E-state index contributed by atoms with van der Waals surface area (Å²) in [6, 6.07) is 3.61. The lowest BCUT2D eigenvalue weighted by atomic mass is 10.2. The molecule has 4 nitrogen and oxygen atoms in total. The Bertz CT molecular complexity index is 454. The smallest absolute Gasteiger partial charge is 0.330 e. The summed E-state index contributed by atoms with van der Waals surface area (Å²) in [6.07, 6.45) is 3.21. The molecule has 0 aliphatic heterocycles. The topological polar surface area (TPSA) is 52.6 Å². The van der Waals surface area contributed by atoms with Crippen LogP contribution in [0, 0.1) is 5.82 Å². The Hall–Kier alpha value is -2.17. The standard InChI is InChI=1S/C13H13FO4/c1-2-17-13(16)4-3-7-18-12-8-11(14)6-5-10(12)9-15/h3-6,8-9H,2,7H2,1H3. The van der Waals surface area contributed by atoms with E-state index >= 15 is 0 Å². The maximum atomic E-state index is 12.9. The van der Waals surface area contributed by atoms with E-state index in [1.165, 1.54) is 24.3 Å². The minimum Gasteiger partial charge on any atom is -0.489 e. The van der Waals surface area contributed by atoms with E-state index in [0.717, 1.165) is 6.07 Å². The number of carbonyl (C=O) groups is 2. The van der Waals surface area contributed by atoms with Crippen LogP contribution >= 0.6 is 0 Å². The number of ether oxygens (including phenoxy) is 2. The first kappa shape index (κ1) is 13.9. The van der Waals surface area contributed by atoms with E-state index in [2.05, 4.69) is 4.74 Å². The van der Waals surface area contributed by atoms with Crippen molar-refractivity contribution in [1.82, 2.24) is 0 Å².